The van der Waals surface area contributed by atoms with Gasteiger partial charge < -0.3 is 4.57 Å². The molecule has 0 unspecified atom stereocenters. The highest BCUT2D eigenvalue weighted by molar-refractivity contribution is 6.28. The van der Waals surface area contributed by atoms with Gasteiger partial charge >= 0.3 is 0 Å². The topological polar surface area (TPSA) is 43.6 Å². The fourth-order valence-corrected chi connectivity index (χ4v) is 4.08. The average Bonchev–Trinajstić information content (AvgIpc) is 3.25. The predicted octanol–water partition coefficient (Wildman–Crippen LogP) is 6.96. The Labute approximate surface area is 196 Å². The summed E-state index contributed by atoms with van der Waals surface area (Å²) in [5, 5.41) is 2.01. The molecule has 0 N–H and O–H groups in total. The number of para-hydroxylation sites is 2. The number of nitrogens with zero attached hydrogens (tertiary/aromatic N) is 4. The Morgan fingerprint density at radius 2 is 1.34 bits per heavy atom. The van der Waals surface area contributed by atoms with Gasteiger partial charge in [-0.1, -0.05) is 78.7 Å². The highest BCUT2D eigenvalue weighted by Gasteiger charge is 2.15. The molecule has 6 rings (SSSR count). The fourth-order valence-electron chi connectivity index (χ4n) is 3.92. The minimum Gasteiger partial charge on any atom is -0.309 e. The van der Waals surface area contributed by atoms with E-state index < -0.39 is 30.2 Å². The van der Waals surface area contributed by atoms with Gasteiger partial charge in [0.1, 0.15) is 0 Å². The van der Waals surface area contributed by atoms with Crippen LogP contribution in [0, 0.1) is 0 Å². The highest BCUT2D eigenvalue weighted by Crippen LogP contribution is 2.34. The molecular formula is C27H17ClN4. The van der Waals surface area contributed by atoms with Crippen molar-refractivity contribution in [1.29, 1.82) is 0 Å². The van der Waals surface area contributed by atoms with Crippen molar-refractivity contribution < 1.29 is 6.85 Å². The first-order chi connectivity index (χ1) is 17.8. The normalized spacial score (nSPS) is 13.5. The Hall–Kier alpha value is -4.02. The van der Waals surface area contributed by atoms with Gasteiger partial charge in [-0.25, -0.2) is 4.98 Å². The number of aromatic nitrogens is 4. The molecule has 2 heterocycles. The van der Waals surface area contributed by atoms with Crippen LogP contribution >= 0.6 is 11.6 Å². The van der Waals surface area contributed by atoms with E-state index in [0.717, 1.165) is 27.5 Å². The Kier molecular flexibility index (Phi) is 3.35. The summed E-state index contributed by atoms with van der Waals surface area (Å²) in [5.74, 6) is 0.143. The molecule has 0 radical (unpaired) electrons. The van der Waals surface area contributed by atoms with Crippen LogP contribution < -0.4 is 0 Å². The number of halogens is 1. The Morgan fingerprint density at radius 1 is 0.656 bits per heavy atom. The van der Waals surface area contributed by atoms with Gasteiger partial charge in [0.05, 0.1) is 17.9 Å². The second-order valence-corrected chi connectivity index (χ2v) is 7.51. The van der Waals surface area contributed by atoms with Gasteiger partial charge in [-0.05, 0) is 35.9 Å². The molecular weight excluding hydrogens is 416 g/mol. The molecule has 0 bridgehead atoms. The van der Waals surface area contributed by atoms with E-state index in [4.69, 9.17) is 18.5 Å². The largest absolute Gasteiger partial charge is 0.309 e. The molecule has 4 aromatic carbocycles. The third-order valence-corrected chi connectivity index (χ3v) is 5.45. The minimum atomic E-state index is -0.488. The van der Waals surface area contributed by atoms with Crippen LogP contribution in [0.4, 0.5) is 0 Å². The zero-order chi connectivity index (χ0) is 25.8. The maximum atomic E-state index is 8.29. The van der Waals surface area contributed by atoms with Crippen molar-refractivity contribution in [3.8, 4) is 28.5 Å². The van der Waals surface area contributed by atoms with Crippen LogP contribution in [0.5, 0.6) is 0 Å². The van der Waals surface area contributed by atoms with Crippen LogP contribution in [-0.4, -0.2) is 19.5 Å². The lowest BCUT2D eigenvalue weighted by atomic mass is 10.1. The molecule has 0 atom stereocenters. The van der Waals surface area contributed by atoms with Crippen LogP contribution in [0.2, 0.25) is 5.28 Å². The molecule has 0 amide bonds. The third kappa shape index (κ3) is 3.13. The van der Waals surface area contributed by atoms with Crippen LogP contribution in [0.25, 0.3) is 50.3 Å². The van der Waals surface area contributed by atoms with Gasteiger partial charge in [0.2, 0.25) is 5.28 Å². The van der Waals surface area contributed by atoms with Crippen molar-refractivity contribution in [2.45, 2.75) is 0 Å². The SMILES string of the molecule is [2H]c1c([2H])c([2H])c(-c2nc(Cl)nc(-c3ccc4c5ccccc5n(-c5ccccc5)c4c3)n2)c([2H])c1[2H]. The lowest BCUT2D eigenvalue weighted by Crippen LogP contribution is -1.98. The molecule has 152 valence electrons. The summed E-state index contributed by atoms with van der Waals surface area (Å²) in [5.41, 5.74) is 3.50. The lowest BCUT2D eigenvalue weighted by Gasteiger charge is -2.09. The van der Waals surface area contributed by atoms with E-state index in [1.807, 2.05) is 60.7 Å². The molecule has 5 heteroatoms. The van der Waals surface area contributed by atoms with Gasteiger partial charge in [-0.15, -0.1) is 0 Å². The van der Waals surface area contributed by atoms with E-state index in [9.17, 15) is 0 Å². The summed E-state index contributed by atoms with van der Waals surface area (Å²) in [7, 11) is 0. The molecule has 0 saturated carbocycles. The number of hydrogen-bond donors (Lipinski definition) is 0. The van der Waals surface area contributed by atoms with Gasteiger partial charge in [-0.2, -0.15) is 9.97 Å². The van der Waals surface area contributed by atoms with Crippen LogP contribution in [0.15, 0.2) is 103 Å². The molecule has 0 aliphatic carbocycles. The Balaban J connectivity index is 1.60. The smallest absolute Gasteiger partial charge is 0.226 e. The molecule has 0 aliphatic heterocycles. The second kappa shape index (κ2) is 7.59. The standard InChI is InChI=1S/C27H17ClN4/c28-27-30-25(18-9-3-1-4-10-18)29-26(31-27)19-15-16-22-21-13-7-8-14-23(21)32(24(22)17-19)20-11-5-2-6-12-20/h1-17H/i1D,3D,4D,9D,10D. The quantitative estimate of drug-likeness (QED) is 0.300. The van der Waals surface area contributed by atoms with Crippen molar-refractivity contribution in [1.82, 2.24) is 19.5 Å². The highest BCUT2D eigenvalue weighted by atomic mass is 35.5. The molecule has 0 aliphatic rings. The van der Waals surface area contributed by atoms with E-state index >= 15 is 0 Å². The number of benzene rings is 4. The van der Waals surface area contributed by atoms with E-state index in [-0.39, 0.29) is 22.5 Å². The number of fused-ring (bicyclic) bond motifs is 3. The number of rotatable bonds is 3. The third-order valence-electron chi connectivity index (χ3n) is 5.28. The first kappa shape index (κ1) is 14.1. The monoisotopic (exact) mass is 437 g/mol. The summed E-state index contributed by atoms with van der Waals surface area (Å²) in [6.45, 7) is 0. The predicted molar refractivity (Wildman–Crippen MR) is 130 cm³/mol. The van der Waals surface area contributed by atoms with Crippen LogP contribution in [0.1, 0.15) is 6.85 Å². The van der Waals surface area contributed by atoms with Gasteiger partial charge in [0, 0.05) is 27.6 Å². The minimum absolute atomic E-state index is 0.0873. The second-order valence-electron chi connectivity index (χ2n) is 7.17. The van der Waals surface area contributed by atoms with E-state index in [2.05, 4.69) is 31.7 Å². The summed E-state index contributed by atoms with van der Waals surface area (Å²) in [6, 6.07) is 21.8. The van der Waals surface area contributed by atoms with Crippen molar-refractivity contribution in [3.05, 3.63) is 108 Å². The Bertz CT molecular complexity index is 1820. The van der Waals surface area contributed by atoms with E-state index in [0.29, 0.717) is 5.56 Å². The molecule has 0 saturated heterocycles. The summed E-state index contributed by atoms with van der Waals surface area (Å²) < 4.78 is 42.6. The first-order valence-corrected chi connectivity index (χ1v) is 10.3. The molecule has 4 nitrogen and oxygen atoms in total. The van der Waals surface area contributed by atoms with E-state index in [1.54, 1.807) is 0 Å². The van der Waals surface area contributed by atoms with E-state index in [1.165, 1.54) is 0 Å². The fraction of sp³-hybridized carbons (Fsp3) is 0. The molecule has 0 fully saturated rings. The van der Waals surface area contributed by atoms with Crippen molar-refractivity contribution >= 4 is 33.4 Å². The summed E-state index contributed by atoms with van der Waals surface area (Å²) >= 11 is 6.25. The first-order valence-electron chi connectivity index (χ1n) is 12.4. The van der Waals surface area contributed by atoms with Crippen molar-refractivity contribution in [3.63, 3.8) is 0 Å². The molecule has 2 aromatic heterocycles. The van der Waals surface area contributed by atoms with Gasteiger partial charge in [-0.3, -0.25) is 0 Å². The van der Waals surface area contributed by atoms with Crippen LogP contribution in [-0.2, 0) is 0 Å². The van der Waals surface area contributed by atoms with Crippen LogP contribution in [0.3, 0.4) is 0 Å². The summed E-state index contributed by atoms with van der Waals surface area (Å²) in [4.78, 5) is 12.9. The molecule has 32 heavy (non-hydrogen) atoms. The zero-order valence-electron chi connectivity index (χ0n) is 21.6. The average molecular weight is 438 g/mol. The maximum absolute atomic E-state index is 8.29. The van der Waals surface area contributed by atoms with Gasteiger partial charge in [0.25, 0.3) is 0 Å². The lowest BCUT2D eigenvalue weighted by molar-refractivity contribution is 1.07. The van der Waals surface area contributed by atoms with Crippen molar-refractivity contribution in [2.24, 2.45) is 0 Å². The Morgan fingerprint density at radius 3 is 2.16 bits per heavy atom. The maximum Gasteiger partial charge on any atom is 0.226 e. The van der Waals surface area contributed by atoms with Gasteiger partial charge in [0.15, 0.2) is 11.6 Å². The van der Waals surface area contributed by atoms with Crippen molar-refractivity contribution in [2.75, 3.05) is 0 Å². The molecule has 6 aromatic rings. The summed E-state index contributed by atoms with van der Waals surface area (Å²) in [6.07, 6.45) is 0. The zero-order valence-corrected chi connectivity index (χ0v) is 17.4. The number of hydrogen-bond acceptors (Lipinski definition) is 3. The molecule has 0 spiro atoms.